The monoisotopic (exact) mass is 281 g/mol. The molecule has 0 aromatic heterocycles. The highest BCUT2D eigenvalue weighted by Crippen LogP contribution is 2.06. The second-order valence-electron chi connectivity index (χ2n) is 5.38. The Balaban J connectivity index is 1.72. The Hall–Kier alpha value is -1.90. The summed E-state index contributed by atoms with van der Waals surface area (Å²) >= 11 is 0. The summed E-state index contributed by atoms with van der Waals surface area (Å²) in [5, 5.41) is 13.3. The zero-order chi connectivity index (χ0) is 14.9. The number of hydrogen-bond acceptors (Lipinski definition) is 2. The summed E-state index contributed by atoms with van der Waals surface area (Å²) in [6.07, 6.45) is 2.50. The third-order valence-electron chi connectivity index (χ3n) is 3.31. The molecule has 0 bridgehead atoms. The molecule has 2 nitrogen and oxygen atoms in total. The summed E-state index contributed by atoms with van der Waals surface area (Å²) in [6.45, 7) is 3.50. The lowest BCUT2D eigenvalue weighted by Crippen LogP contribution is -2.29. The van der Waals surface area contributed by atoms with E-state index >= 15 is 0 Å². The van der Waals surface area contributed by atoms with Crippen molar-refractivity contribution >= 4 is 6.08 Å². The van der Waals surface area contributed by atoms with Crippen LogP contribution in [0, 0.1) is 0 Å². The van der Waals surface area contributed by atoms with Crippen molar-refractivity contribution in [2.75, 3.05) is 13.1 Å². The molecule has 1 unspecified atom stereocenters. The van der Waals surface area contributed by atoms with Crippen molar-refractivity contribution in [2.45, 2.75) is 19.4 Å². The third kappa shape index (κ3) is 5.94. The Morgan fingerprint density at radius 2 is 1.67 bits per heavy atom. The zero-order valence-corrected chi connectivity index (χ0v) is 12.5. The standard InChI is InChI=1S/C19H23NO/c1-16(12-17-8-4-2-5-9-17)14-20-15-19(21)13-18-10-6-3-7-11-18/h2-12,19-21H,13-15H2,1H3/b16-12-. The van der Waals surface area contributed by atoms with Gasteiger partial charge in [-0.25, -0.2) is 0 Å². The van der Waals surface area contributed by atoms with Gasteiger partial charge in [0.2, 0.25) is 0 Å². The van der Waals surface area contributed by atoms with Gasteiger partial charge in [-0.15, -0.1) is 0 Å². The van der Waals surface area contributed by atoms with Crippen molar-refractivity contribution in [3.05, 3.63) is 77.4 Å². The minimum absolute atomic E-state index is 0.350. The van der Waals surface area contributed by atoms with Gasteiger partial charge in [-0.2, -0.15) is 0 Å². The van der Waals surface area contributed by atoms with Gasteiger partial charge in [0, 0.05) is 13.1 Å². The predicted octanol–water partition coefficient (Wildman–Crippen LogP) is 3.28. The molecular weight excluding hydrogens is 258 g/mol. The van der Waals surface area contributed by atoms with Crippen molar-refractivity contribution in [3.63, 3.8) is 0 Å². The van der Waals surface area contributed by atoms with Crippen LogP contribution in [-0.4, -0.2) is 24.3 Å². The molecule has 2 aromatic carbocycles. The van der Waals surface area contributed by atoms with E-state index in [0.29, 0.717) is 13.0 Å². The van der Waals surface area contributed by atoms with Crippen LogP contribution >= 0.6 is 0 Å². The smallest absolute Gasteiger partial charge is 0.0704 e. The van der Waals surface area contributed by atoms with Crippen molar-refractivity contribution < 1.29 is 5.11 Å². The van der Waals surface area contributed by atoms with Gasteiger partial charge in [-0.1, -0.05) is 72.3 Å². The number of benzene rings is 2. The van der Waals surface area contributed by atoms with E-state index in [0.717, 1.165) is 6.54 Å². The zero-order valence-electron chi connectivity index (χ0n) is 12.5. The molecule has 0 fully saturated rings. The molecule has 2 heteroatoms. The molecule has 0 saturated heterocycles. The topological polar surface area (TPSA) is 32.3 Å². The second kappa shape index (κ2) is 8.40. The van der Waals surface area contributed by atoms with Gasteiger partial charge in [0.1, 0.15) is 0 Å². The SMILES string of the molecule is C/C(=C/c1ccccc1)CNCC(O)Cc1ccccc1. The van der Waals surface area contributed by atoms with Crippen LogP contribution in [-0.2, 0) is 6.42 Å². The lowest BCUT2D eigenvalue weighted by atomic mass is 10.1. The van der Waals surface area contributed by atoms with Crippen LogP contribution in [0.4, 0.5) is 0 Å². The molecule has 0 radical (unpaired) electrons. The van der Waals surface area contributed by atoms with Crippen molar-refractivity contribution in [1.82, 2.24) is 5.32 Å². The van der Waals surface area contributed by atoms with Gasteiger partial charge in [-0.3, -0.25) is 0 Å². The molecule has 21 heavy (non-hydrogen) atoms. The Bertz CT molecular complexity index is 548. The van der Waals surface area contributed by atoms with Gasteiger partial charge < -0.3 is 10.4 Å². The third-order valence-corrected chi connectivity index (χ3v) is 3.31. The quantitative estimate of drug-likeness (QED) is 0.816. The van der Waals surface area contributed by atoms with E-state index in [4.69, 9.17) is 0 Å². The normalized spacial score (nSPS) is 13.1. The number of hydrogen-bond donors (Lipinski definition) is 2. The first-order valence-electron chi connectivity index (χ1n) is 7.39. The van der Waals surface area contributed by atoms with Crippen LogP contribution in [0.2, 0.25) is 0 Å². The van der Waals surface area contributed by atoms with E-state index in [1.54, 1.807) is 0 Å². The van der Waals surface area contributed by atoms with Crippen LogP contribution in [0.25, 0.3) is 6.08 Å². The molecule has 0 amide bonds. The fourth-order valence-corrected chi connectivity index (χ4v) is 2.28. The Morgan fingerprint density at radius 3 is 2.33 bits per heavy atom. The first kappa shape index (κ1) is 15.5. The summed E-state index contributed by atoms with van der Waals surface area (Å²) in [6, 6.07) is 20.4. The molecule has 2 aromatic rings. The van der Waals surface area contributed by atoms with Crippen LogP contribution in [0.15, 0.2) is 66.2 Å². The summed E-state index contributed by atoms with van der Waals surface area (Å²) < 4.78 is 0. The van der Waals surface area contributed by atoms with E-state index < -0.39 is 0 Å². The first-order valence-corrected chi connectivity index (χ1v) is 7.39. The fourth-order valence-electron chi connectivity index (χ4n) is 2.28. The highest BCUT2D eigenvalue weighted by atomic mass is 16.3. The largest absolute Gasteiger partial charge is 0.391 e. The molecular formula is C19H23NO. The molecule has 0 spiro atoms. The van der Waals surface area contributed by atoms with Gasteiger partial charge in [-0.05, 0) is 24.5 Å². The average Bonchev–Trinajstić information content (AvgIpc) is 2.49. The van der Waals surface area contributed by atoms with Gasteiger partial charge >= 0.3 is 0 Å². The average molecular weight is 281 g/mol. The fraction of sp³-hybridized carbons (Fsp3) is 0.263. The van der Waals surface area contributed by atoms with Crippen LogP contribution in [0.3, 0.4) is 0 Å². The Morgan fingerprint density at radius 1 is 1.05 bits per heavy atom. The lowest BCUT2D eigenvalue weighted by molar-refractivity contribution is 0.173. The van der Waals surface area contributed by atoms with E-state index in [9.17, 15) is 5.11 Å². The maximum Gasteiger partial charge on any atom is 0.0704 e. The Kier molecular flexibility index (Phi) is 6.20. The van der Waals surface area contributed by atoms with Gasteiger partial charge in [0.25, 0.3) is 0 Å². The Labute approximate surface area is 127 Å². The number of aliphatic hydroxyl groups excluding tert-OH is 1. The van der Waals surface area contributed by atoms with E-state index in [1.165, 1.54) is 16.7 Å². The molecule has 2 N–H and O–H groups in total. The molecule has 0 aliphatic rings. The van der Waals surface area contributed by atoms with Crippen LogP contribution in [0.5, 0.6) is 0 Å². The molecule has 0 aliphatic carbocycles. The molecule has 0 heterocycles. The highest BCUT2D eigenvalue weighted by Gasteiger charge is 2.04. The number of rotatable bonds is 7. The van der Waals surface area contributed by atoms with Crippen LogP contribution in [0.1, 0.15) is 18.1 Å². The predicted molar refractivity (Wildman–Crippen MR) is 89.1 cm³/mol. The van der Waals surface area contributed by atoms with Gasteiger partial charge in [0.05, 0.1) is 6.10 Å². The maximum absolute atomic E-state index is 10.0. The summed E-state index contributed by atoms with van der Waals surface area (Å²) in [5.74, 6) is 0. The van der Waals surface area contributed by atoms with Crippen molar-refractivity contribution in [1.29, 1.82) is 0 Å². The minimum atomic E-state index is -0.350. The van der Waals surface area contributed by atoms with Crippen molar-refractivity contribution in [3.8, 4) is 0 Å². The molecule has 0 saturated carbocycles. The molecule has 0 aliphatic heterocycles. The van der Waals surface area contributed by atoms with E-state index in [2.05, 4.69) is 30.4 Å². The van der Waals surface area contributed by atoms with E-state index in [1.807, 2.05) is 48.5 Å². The summed E-state index contributed by atoms with van der Waals surface area (Å²) in [4.78, 5) is 0. The molecule has 2 rings (SSSR count). The minimum Gasteiger partial charge on any atom is -0.391 e. The summed E-state index contributed by atoms with van der Waals surface area (Å²) in [5.41, 5.74) is 3.64. The molecule has 110 valence electrons. The van der Waals surface area contributed by atoms with E-state index in [-0.39, 0.29) is 6.10 Å². The van der Waals surface area contributed by atoms with Gasteiger partial charge in [0.15, 0.2) is 0 Å². The molecule has 1 atom stereocenters. The van der Waals surface area contributed by atoms with Crippen LogP contribution < -0.4 is 5.32 Å². The number of aliphatic hydroxyl groups is 1. The second-order valence-corrected chi connectivity index (χ2v) is 5.38. The number of nitrogens with one attached hydrogen (secondary N) is 1. The van der Waals surface area contributed by atoms with Crippen molar-refractivity contribution in [2.24, 2.45) is 0 Å². The highest BCUT2D eigenvalue weighted by molar-refractivity contribution is 5.52. The first-order chi connectivity index (χ1) is 10.2. The maximum atomic E-state index is 10.0. The lowest BCUT2D eigenvalue weighted by Gasteiger charge is -2.12. The summed E-state index contributed by atoms with van der Waals surface area (Å²) in [7, 11) is 0.